The summed E-state index contributed by atoms with van der Waals surface area (Å²) in [5.74, 6) is 1.10. The number of rotatable bonds is 1. The molecular weight excluding hydrogens is 140 g/mol. The smallest absolute Gasteiger partial charge is 0.0994 e. The first-order chi connectivity index (χ1) is 4.52. The average Bonchev–Trinajstić information content (AvgIpc) is 2.11. The van der Waals surface area contributed by atoms with Gasteiger partial charge in [-0.1, -0.05) is 19.6 Å². The minimum Gasteiger partial charge on any atom is -0.470 e. The number of hydrogen-bond donors (Lipinski definition) is 0. The van der Waals surface area contributed by atoms with Gasteiger partial charge in [-0.15, -0.1) is 0 Å². The maximum absolute atomic E-state index is 5.23. The lowest BCUT2D eigenvalue weighted by Gasteiger charge is -2.13. The van der Waals surface area contributed by atoms with E-state index in [4.69, 9.17) is 4.42 Å². The van der Waals surface area contributed by atoms with Crippen molar-refractivity contribution < 1.29 is 4.42 Å². The Labute approximate surface area is 63.1 Å². The second-order valence-electron chi connectivity index (χ2n) is 3.64. The number of hydrogen-bond acceptors (Lipinski definition) is 1. The Morgan fingerprint density at radius 2 is 1.90 bits per heavy atom. The second kappa shape index (κ2) is 2.27. The highest BCUT2D eigenvalue weighted by molar-refractivity contribution is 6.88. The lowest BCUT2D eigenvalue weighted by atomic mass is 10.5. The van der Waals surface area contributed by atoms with E-state index in [2.05, 4.69) is 25.7 Å². The SMILES string of the molecule is Cc1occc1[Si](C)(C)C. The predicted octanol–water partition coefficient (Wildman–Crippen LogP) is 2.13. The Morgan fingerprint density at radius 1 is 1.30 bits per heavy atom. The molecule has 0 fully saturated rings. The molecule has 0 unspecified atom stereocenters. The highest BCUT2D eigenvalue weighted by Crippen LogP contribution is 2.06. The molecule has 2 heteroatoms. The van der Waals surface area contributed by atoms with Crippen LogP contribution in [0.3, 0.4) is 0 Å². The molecule has 56 valence electrons. The highest BCUT2D eigenvalue weighted by atomic mass is 28.3. The van der Waals surface area contributed by atoms with Gasteiger partial charge >= 0.3 is 0 Å². The van der Waals surface area contributed by atoms with E-state index in [1.165, 1.54) is 5.19 Å². The summed E-state index contributed by atoms with van der Waals surface area (Å²) in [7, 11) is -1.12. The molecule has 1 aromatic rings. The second-order valence-corrected chi connectivity index (χ2v) is 8.68. The minimum absolute atomic E-state index is 1.10. The van der Waals surface area contributed by atoms with E-state index in [1.54, 1.807) is 6.26 Å². The van der Waals surface area contributed by atoms with E-state index in [0.717, 1.165) is 5.76 Å². The molecule has 1 nitrogen and oxygen atoms in total. The topological polar surface area (TPSA) is 13.1 Å². The zero-order chi connectivity index (χ0) is 7.78. The molecule has 0 saturated heterocycles. The Kier molecular flexibility index (Phi) is 1.73. The molecule has 0 aliphatic heterocycles. The minimum atomic E-state index is -1.12. The Balaban J connectivity index is 3.05. The van der Waals surface area contributed by atoms with E-state index in [-0.39, 0.29) is 0 Å². The van der Waals surface area contributed by atoms with Crippen molar-refractivity contribution in [2.45, 2.75) is 26.6 Å². The van der Waals surface area contributed by atoms with Gasteiger partial charge in [0.15, 0.2) is 0 Å². The van der Waals surface area contributed by atoms with Crippen LogP contribution < -0.4 is 5.19 Å². The van der Waals surface area contributed by atoms with Crippen LogP contribution in [0.15, 0.2) is 16.7 Å². The standard InChI is InChI=1S/C8H14OSi/c1-7-8(5-6-9-7)10(2,3)4/h5-6H,1-4H3. The number of furan rings is 1. The maximum atomic E-state index is 5.23. The van der Waals surface area contributed by atoms with Crippen LogP contribution in [-0.2, 0) is 0 Å². The molecule has 1 aromatic heterocycles. The largest absolute Gasteiger partial charge is 0.470 e. The molecule has 0 spiro atoms. The van der Waals surface area contributed by atoms with E-state index in [9.17, 15) is 0 Å². The van der Waals surface area contributed by atoms with Crippen molar-refractivity contribution >= 4 is 13.3 Å². The summed E-state index contributed by atoms with van der Waals surface area (Å²) in [6.45, 7) is 9.01. The van der Waals surface area contributed by atoms with E-state index in [1.807, 2.05) is 6.92 Å². The molecule has 10 heavy (non-hydrogen) atoms. The highest BCUT2D eigenvalue weighted by Gasteiger charge is 2.19. The van der Waals surface area contributed by atoms with Gasteiger partial charge in [0.05, 0.1) is 20.1 Å². The average molecular weight is 154 g/mol. The van der Waals surface area contributed by atoms with Crippen LogP contribution in [0.1, 0.15) is 5.76 Å². The van der Waals surface area contributed by atoms with Crippen LogP contribution in [0.5, 0.6) is 0 Å². The molecule has 0 bridgehead atoms. The molecule has 0 aromatic carbocycles. The third-order valence-corrected chi connectivity index (χ3v) is 3.80. The number of aryl methyl sites for hydroxylation is 1. The monoisotopic (exact) mass is 154 g/mol. The fraction of sp³-hybridized carbons (Fsp3) is 0.500. The van der Waals surface area contributed by atoms with Crippen molar-refractivity contribution in [3.63, 3.8) is 0 Å². The molecule has 0 saturated carbocycles. The predicted molar refractivity (Wildman–Crippen MR) is 46.4 cm³/mol. The lowest BCUT2D eigenvalue weighted by Crippen LogP contribution is -2.37. The summed E-state index contributed by atoms with van der Waals surface area (Å²) in [5.41, 5.74) is 0. The lowest BCUT2D eigenvalue weighted by molar-refractivity contribution is 0.536. The molecule has 0 radical (unpaired) electrons. The van der Waals surface area contributed by atoms with Crippen molar-refractivity contribution in [1.29, 1.82) is 0 Å². The summed E-state index contributed by atoms with van der Waals surface area (Å²) in [4.78, 5) is 0. The van der Waals surface area contributed by atoms with Crippen LogP contribution in [0, 0.1) is 6.92 Å². The van der Waals surface area contributed by atoms with Crippen LogP contribution in [0.2, 0.25) is 19.6 Å². The Morgan fingerprint density at radius 3 is 2.10 bits per heavy atom. The molecule has 0 aliphatic carbocycles. The van der Waals surface area contributed by atoms with Crippen molar-refractivity contribution in [2.24, 2.45) is 0 Å². The van der Waals surface area contributed by atoms with Crippen molar-refractivity contribution in [3.05, 3.63) is 18.1 Å². The van der Waals surface area contributed by atoms with Gasteiger partial charge in [-0.25, -0.2) is 0 Å². The Hall–Kier alpha value is -0.503. The molecule has 0 aliphatic rings. The first kappa shape index (κ1) is 7.60. The van der Waals surface area contributed by atoms with Gasteiger partial charge < -0.3 is 4.42 Å². The summed E-state index contributed by atoms with van der Waals surface area (Å²) in [6.07, 6.45) is 1.78. The summed E-state index contributed by atoms with van der Waals surface area (Å²) in [6, 6.07) is 2.10. The van der Waals surface area contributed by atoms with Crippen molar-refractivity contribution in [1.82, 2.24) is 0 Å². The quantitative estimate of drug-likeness (QED) is 0.565. The zero-order valence-electron chi connectivity index (χ0n) is 7.06. The van der Waals surface area contributed by atoms with Gasteiger partial charge in [0, 0.05) is 0 Å². The fourth-order valence-corrected chi connectivity index (χ4v) is 2.85. The van der Waals surface area contributed by atoms with Crippen molar-refractivity contribution in [3.8, 4) is 0 Å². The van der Waals surface area contributed by atoms with Crippen LogP contribution in [0.25, 0.3) is 0 Å². The molecular formula is C8H14OSi. The first-order valence-electron chi connectivity index (χ1n) is 3.56. The molecule has 0 amide bonds. The van der Waals surface area contributed by atoms with Gasteiger partial charge in [0.1, 0.15) is 0 Å². The van der Waals surface area contributed by atoms with Crippen LogP contribution >= 0.6 is 0 Å². The van der Waals surface area contributed by atoms with Gasteiger partial charge in [0.25, 0.3) is 0 Å². The Bertz CT molecular complexity index is 219. The van der Waals surface area contributed by atoms with Gasteiger partial charge in [0.2, 0.25) is 0 Å². The maximum Gasteiger partial charge on any atom is 0.0994 e. The van der Waals surface area contributed by atoms with Gasteiger partial charge in [-0.3, -0.25) is 0 Å². The van der Waals surface area contributed by atoms with Crippen molar-refractivity contribution in [2.75, 3.05) is 0 Å². The first-order valence-corrected chi connectivity index (χ1v) is 7.06. The van der Waals surface area contributed by atoms with E-state index in [0.29, 0.717) is 0 Å². The summed E-state index contributed by atoms with van der Waals surface area (Å²) < 4.78 is 5.23. The molecule has 1 rings (SSSR count). The molecule has 0 atom stereocenters. The van der Waals surface area contributed by atoms with Crippen LogP contribution in [-0.4, -0.2) is 8.07 Å². The summed E-state index contributed by atoms with van der Waals surface area (Å²) >= 11 is 0. The third kappa shape index (κ3) is 1.32. The van der Waals surface area contributed by atoms with Gasteiger partial charge in [-0.2, -0.15) is 0 Å². The molecule has 0 N–H and O–H groups in total. The van der Waals surface area contributed by atoms with E-state index >= 15 is 0 Å². The molecule has 1 heterocycles. The van der Waals surface area contributed by atoms with Gasteiger partial charge in [-0.05, 0) is 18.2 Å². The van der Waals surface area contributed by atoms with E-state index < -0.39 is 8.07 Å². The van der Waals surface area contributed by atoms with Crippen LogP contribution in [0.4, 0.5) is 0 Å². The zero-order valence-corrected chi connectivity index (χ0v) is 8.06. The third-order valence-electron chi connectivity index (χ3n) is 1.67. The summed E-state index contributed by atoms with van der Waals surface area (Å²) in [5, 5.41) is 1.44. The fourth-order valence-electron chi connectivity index (χ4n) is 1.16. The normalized spacial score (nSPS) is 12.0.